The third-order valence-electron chi connectivity index (χ3n) is 2.59. The Hall–Kier alpha value is -1.44. The van der Waals surface area contributed by atoms with Crippen LogP contribution >= 0.6 is 0 Å². The van der Waals surface area contributed by atoms with Crippen LogP contribution in [0.3, 0.4) is 0 Å². The quantitative estimate of drug-likeness (QED) is 0.470. The highest BCUT2D eigenvalue weighted by atomic mass is 16.2. The van der Waals surface area contributed by atoms with Crippen LogP contribution in [0.5, 0.6) is 0 Å². The third-order valence-corrected chi connectivity index (χ3v) is 2.59. The van der Waals surface area contributed by atoms with E-state index in [1.807, 2.05) is 18.2 Å². The summed E-state index contributed by atoms with van der Waals surface area (Å²) >= 11 is 0. The topological polar surface area (TPSA) is 46.2 Å². The lowest BCUT2D eigenvalue weighted by Gasteiger charge is -2.19. The van der Waals surface area contributed by atoms with Crippen molar-refractivity contribution in [3.05, 3.63) is 35.6 Å². The Balaban J connectivity index is 2.58. The molecule has 0 heterocycles. The largest absolute Gasteiger partial charge is 0.515 e. The van der Waals surface area contributed by atoms with Gasteiger partial charge in [-0.2, -0.15) is 0 Å². The zero-order chi connectivity index (χ0) is 9.26. The van der Waals surface area contributed by atoms with Gasteiger partial charge in [0.2, 0.25) is 0 Å². The number of fused-ring (bicyclic) bond motifs is 1. The van der Waals surface area contributed by atoms with Crippen LogP contribution in [0.15, 0.2) is 24.5 Å². The van der Waals surface area contributed by atoms with E-state index in [9.17, 15) is 0 Å². The molecule has 68 valence electrons. The molecule has 0 bridgehead atoms. The fraction of sp³-hybridized carbons (Fsp3) is 0.273. The van der Waals surface area contributed by atoms with Crippen molar-refractivity contribution in [1.82, 2.24) is 0 Å². The Morgan fingerprint density at radius 3 is 2.92 bits per heavy atom. The lowest BCUT2D eigenvalue weighted by Crippen LogP contribution is -2.05. The number of allylic oxidation sites excluding steroid dienone is 1. The summed E-state index contributed by atoms with van der Waals surface area (Å²) in [4.78, 5) is 0. The van der Waals surface area contributed by atoms with Crippen molar-refractivity contribution in [3.63, 3.8) is 0 Å². The predicted octanol–water partition coefficient (Wildman–Crippen LogP) is 2.50. The first-order chi connectivity index (χ1) is 6.33. The van der Waals surface area contributed by atoms with Gasteiger partial charge in [-0.1, -0.05) is 12.1 Å². The van der Waals surface area contributed by atoms with E-state index in [-0.39, 0.29) is 0 Å². The van der Waals surface area contributed by atoms with Gasteiger partial charge in [-0.15, -0.1) is 0 Å². The Morgan fingerprint density at radius 1 is 1.31 bits per heavy atom. The van der Waals surface area contributed by atoms with Crippen LogP contribution in [-0.2, 0) is 6.42 Å². The SMILES string of the molecule is Nc1cccc2c1CCC/C2=C\O. The van der Waals surface area contributed by atoms with E-state index in [1.54, 1.807) is 0 Å². The van der Waals surface area contributed by atoms with Crippen LogP contribution in [0, 0.1) is 0 Å². The molecule has 0 aromatic heterocycles. The molecule has 0 radical (unpaired) electrons. The van der Waals surface area contributed by atoms with Gasteiger partial charge < -0.3 is 10.8 Å². The molecule has 3 N–H and O–H groups in total. The minimum atomic E-state index is 0.844. The van der Waals surface area contributed by atoms with Gasteiger partial charge in [-0.05, 0) is 42.0 Å². The van der Waals surface area contributed by atoms with Gasteiger partial charge in [0, 0.05) is 5.69 Å². The number of hydrogen-bond donors (Lipinski definition) is 2. The van der Waals surface area contributed by atoms with E-state index < -0.39 is 0 Å². The van der Waals surface area contributed by atoms with Gasteiger partial charge in [-0.3, -0.25) is 0 Å². The highest BCUT2D eigenvalue weighted by Crippen LogP contribution is 2.33. The lowest BCUT2D eigenvalue weighted by atomic mass is 9.87. The Morgan fingerprint density at radius 2 is 2.15 bits per heavy atom. The van der Waals surface area contributed by atoms with Crippen LogP contribution in [0.1, 0.15) is 24.0 Å². The van der Waals surface area contributed by atoms with E-state index in [0.29, 0.717) is 0 Å². The molecule has 0 aliphatic heterocycles. The van der Waals surface area contributed by atoms with E-state index >= 15 is 0 Å². The summed E-state index contributed by atoms with van der Waals surface area (Å²) < 4.78 is 0. The second-order valence-corrected chi connectivity index (χ2v) is 3.38. The number of nitrogens with two attached hydrogens (primary N) is 1. The van der Waals surface area contributed by atoms with Crippen molar-refractivity contribution < 1.29 is 5.11 Å². The Bertz CT molecular complexity index is 355. The Labute approximate surface area is 77.7 Å². The average molecular weight is 175 g/mol. The molecule has 1 aliphatic carbocycles. The summed E-state index contributed by atoms with van der Waals surface area (Å²) in [5, 5.41) is 9.03. The second kappa shape index (κ2) is 3.13. The first kappa shape index (κ1) is 8.17. The van der Waals surface area contributed by atoms with Crippen molar-refractivity contribution in [2.75, 3.05) is 5.73 Å². The highest BCUT2D eigenvalue weighted by molar-refractivity contribution is 5.73. The van der Waals surface area contributed by atoms with E-state index in [0.717, 1.165) is 36.1 Å². The van der Waals surface area contributed by atoms with Crippen molar-refractivity contribution in [1.29, 1.82) is 0 Å². The van der Waals surface area contributed by atoms with Gasteiger partial charge >= 0.3 is 0 Å². The molecule has 2 nitrogen and oxygen atoms in total. The van der Waals surface area contributed by atoms with Gasteiger partial charge in [0.15, 0.2) is 0 Å². The first-order valence-electron chi connectivity index (χ1n) is 4.54. The smallest absolute Gasteiger partial charge is 0.0829 e. The fourth-order valence-corrected chi connectivity index (χ4v) is 1.91. The van der Waals surface area contributed by atoms with E-state index in [2.05, 4.69) is 0 Å². The third kappa shape index (κ3) is 1.28. The van der Waals surface area contributed by atoms with Gasteiger partial charge in [0.25, 0.3) is 0 Å². The number of hydrogen-bond acceptors (Lipinski definition) is 2. The molecule has 0 saturated heterocycles. The minimum absolute atomic E-state index is 0.844. The molecule has 0 atom stereocenters. The van der Waals surface area contributed by atoms with Crippen molar-refractivity contribution in [3.8, 4) is 0 Å². The lowest BCUT2D eigenvalue weighted by molar-refractivity contribution is 0.473. The first-order valence-corrected chi connectivity index (χ1v) is 4.54. The normalized spacial score (nSPS) is 18.6. The maximum atomic E-state index is 9.03. The molecule has 0 spiro atoms. The van der Waals surface area contributed by atoms with Crippen LogP contribution in [0.25, 0.3) is 5.57 Å². The number of rotatable bonds is 0. The molecule has 2 heteroatoms. The number of anilines is 1. The summed E-state index contributed by atoms with van der Waals surface area (Å²) in [6.45, 7) is 0. The molecule has 0 fully saturated rings. The molecular formula is C11H13NO. The van der Waals surface area contributed by atoms with Gasteiger partial charge in [0.05, 0.1) is 6.26 Å². The van der Waals surface area contributed by atoms with Crippen LogP contribution in [0.4, 0.5) is 5.69 Å². The number of nitrogen functional groups attached to an aromatic ring is 1. The minimum Gasteiger partial charge on any atom is -0.515 e. The van der Waals surface area contributed by atoms with E-state index in [4.69, 9.17) is 10.8 Å². The molecule has 1 aliphatic rings. The predicted molar refractivity (Wildman–Crippen MR) is 54.4 cm³/mol. The zero-order valence-electron chi connectivity index (χ0n) is 7.46. The van der Waals surface area contributed by atoms with Crippen LogP contribution < -0.4 is 5.73 Å². The standard InChI is InChI=1S/C11H13NO/c12-11-6-2-4-9-8(7-13)3-1-5-10(9)11/h2,4,6-7,13H,1,3,5,12H2/b8-7+. The van der Waals surface area contributed by atoms with Crippen molar-refractivity contribution in [2.24, 2.45) is 0 Å². The average Bonchev–Trinajstić information content (AvgIpc) is 2.18. The van der Waals surface area contributed by atoms with Crippen LogP contribution in [-0.4, -0.2) is 5.11 Å². The summed E-state index contributed by atoms with van der Waals surface area (Å²) in [5.41, 5.74) is 10.0. The zero-order valence-corrected chi connectivity index (χ0v) is 7.46. The van der Waals surface area contributed by atoms with Crippen LogP contribution in [0.2, 0.25) is 0 Å². The van der Waals surface area contributed by atoms with Gasteiger partial charge in [0.1, 0.15) is 0 Å². The highest BCUT2D eigenvalue weighted by Gasteiger charge is 2.15. The number of aliphatic hydroxyl groups excluding tert-OH is 1. The molecular weight excluding hydrogens is 162 g/mol. The summed E-state index contributed by atoms with van der Waals surface area (Å²) in [6.07, 6.45) is 4.26. The van der Waals surface area contributed by atoms with E-state index in [1.165, 1.54) is 11.8 Å². The van der Waals surface area contributed by atoms with Crippen molar-refractivity contribution in [2.45, 2.75) is 19.3 Å². The maximum Gasteiger partial charge on any atom is 0.0829 e. The van der Waals surface area contributed by atoms with Gasteiger partial charge in [-0.25, -0.2) is 0 Å². The molecule has 1 aromatic carbocycles. The summed E-state index contributed by atoms with van der Waals surface area (Å²) in [7, 11) is 0. The molecule has 13 heavy (non-hydrogen) atoms. The molecule has 0 saturated carbocycles. The second-order valence-electron chi connectivity index (χ2n) is 3.38. The monoisotopic (exact) mass is 175 g/mol. The summed E-state index contributed by atoms with van der Waals surface area (Å²) in [5.74, 6) is 0. The molecule has 2 rings (SSSR count). The molecule has 0 unspecified atom stereocenters. The number of aliphatic hydroxyl groups is 1. The molecule has 0 amide bonds. The van der Waals surface area contributed by atoms with Crippen molar-refractivity contribution >= 4 is 11.3 Å². The molecule has 1 aromatic rings. The Kier molecular flexibility index (Phi) is 1.97. The maximum absolute atomic E-state index is 9.03. The number of benzene rings is 1. The summed E-state index contributed by atoms with van der Waals surface area (Å²) in [6, 6.07) is 5.87. The fourth-order valence-electron chi connectivity index (χ4n) is 1.91.